The number of likely N-dealkylation sites (N-methyl/N-ethyl adjacent to an activating group) is 1. The predicted octanol–water partition coefficient (Wildman–Crippen LogP) is 2.02. The summed E-state index contributed by atoms with van der Waals surface area (Å²) in [6.45, 7) is 1.27. The summed E-state index contributed by atoms with van der Waals surface area (Å²) in [5.74, 6) is -0.359. The van der Waals surface area contributed by atoms with Gasteiger partial charge in [0.15, 0.2) is 9.84 Å². The van der Waals surface area contributed by atoms with Gasteiger partial charge in [-0.1, -0.05) is 18.2 Å². The summed E-state index contributed by atoms with van der Waals surface area (Å²) < 4.78 is 48.8. The molecule has 0 spiro atoms. The smallest absolute Gasteiger partial charge is 0.242 e. The van der Waals surface area contributed by atoms with Crippen LogP contribution in [0, 0.1) is 0 Å². The van der Waals surface area contributed by atoms with Crippen LogP contribution >= 0.6 is 0 Å². The Labute approximate surface area is 232 Å². The van der Waals surface area contributed by atoms with Crippen molar-refractivity contribution in [2.75, 3.05) is 75.3 Å². The molecular weight excluding hydrogens is 542 g/mol. The molecule has 11 nitrogen and oxygen atoms in total. The van der Waals surface area contributed by atoms with Gasteiger partial charge in [0.05, 0.1) is 17.2 Å². The summed E-state index contributed by atoms with van der Waals surface area (Å²) in [4.78, 5) is 26.9. The molecule has 1 unspecified atom stereocenters. The number of carbonyl (C=O) groups is 2. The number of sulfone groups is 1. The lowest BCUT2D eigenvalue weighted by Crippen LogP contribution is -2.42. The number of nitrogens with one attached hydrogen (secondary N) is 2. The second kappa shape index (κ2) is 13.7. The summed E-state index contributed by atoms with van der Waals surface area (Å²) in [7, 11) is -0.142. The fraction of sp³-hybridized carbons (Fsp3) is 0.462. The normalized spacial score (nSPS) is 13.7. The van der Waals surface area contributed by atoms with Crippen LogP contribution in [-0.2, 0) is 29.4 Å². The third-order valence-corrected chi connectivity index (χ3v) is 8.85. The molecule has 1 aliphatic rings. The third kappa shape index (κ3) is 9.43. The van der Waals surface area contributed by atoms with Crippen molar-refractivity contribution in [3.05, 3.63) is 54.1 Å². The number of benzene rings is 2. The van der Waals surface area contributed by atoms with Crippen LogP contribution in [0.5, 0.6) is 0 Å². The molecule has 216 valence electrons. The monoisotopic (exact) mass is 581 g/mol. The summed E-state index contributed by atoms with van der Waals surface area (Å²) in [6.07, 6.45) is 3.30. The maximum Gasteiger partial charge on any atom is 0.242 e. The molecule has 0 bridgehead atoms. The zero-order valence-electron chi connectivity index (χ0n) is 23.3. The highest BCUT2D eigenvalue weighted by Gasteiger charge is 2.30. The van der Waals surface area contributed by atoms with Gasteiger partial charge in [0.25, 0.3) is 0 Å². The lowest BCUT2D eigenvalue weighted by atomic mass is 10.1. The van der Waals surface area contributed by atoms with E-state index in [9.17, 15) is 26.4 Å². The fourth-order valence-corrected chi connectivity index (χ4v) is 5.67. The summed E-state index contributed by atoms with van der Waals surface area (Å²) in [6, 6.07) is 14.1. The van der Waals surface area contributed by atoms with E-state index in [1.54, 1.807) is 69.5 Å². The Morgan fingerprint density at radius 3 is 1.95 bits per heavy atom. The van der Waals surface area contributed by atoms with Crippen LogP contribution in [0.25, 0.3) is 0 Å². The standard InChI is InChI=1S/C14H20N2O3S.C12H19N3O3S/c1-15-12-6-3-5-11(9-12)13(20(2,18)19)10-14(17)16-7-4-8-16;1-13-10-6-5-7-11(8-10)15(19(4,17)18)9-12(16)14(2)3/h3,5-6,9,13,15H,4,7-8,10H2,1-2H3;5-8,13H,9H2,1-4H3. The van der Waals surface area contributed by atoms with Crippen LogP contribution in [0.2, 0.25) is 0 Å². The van der Waals surface area contributed by atoms with E-state index in [1.807, 2.05) is 12.1 Å². The Bertz CT molecular complexity index is 1360. The van der Waals surface area contributed by atoms with Gasteiger partial charge in [-0.15, -0.1) is 0 Å². The number of sulfonamides is 1. The Balaban J connectivity index is 0.000000274. The number of hydrogen-bond donors (Lipinski definition) is 2. The van der Waals surface area contributed by atoms with Gasteiger partial charge in [0, 0.05) is 65.3 Å². The molecule has 0 aliphatic carbocycles. The molecule has 0 saturated carbocycles. The zero-order valence-corrected chi connectivity index (χ0v) is 25.0. The molecule has 1 aliphatic heterocycles. The van der Waals surface area contributed by atoms with Crippen molar-refractivity contribution in [2.45, 2.75) is 18.1 Å². The minimum Gasteiger partial charge on any atom is -0.388 e. The van der Waals surface area contributed by atoms with Crippen molar-refractivity contribution in [3.63, 3.8) is 0 Å². The molecule has 1 atom stereocenters. The number of amides is 2. The highest BCUT2D eigenvalue weighted by Crippen LogP contribution is 2.29. The van der Waals surface area contributed by atoms with E-state index in [0.717, 1.165) is 41.4 Å². The maximum absolute atomic E-state index is 12.1. The Morgan fingerprint density at radius 2 is 1.49 bits per heavy atom. The average Bonchev–Trinajstić information content (AvgIpc) is 2.83. The van der Waals surface area contributed by atoms with E-state index >= 15 is 0 Å². The predicted molar refractivity (Wildman–Crippen MR) is 156 cm³/mol. The first kappa shape index (κ1) is 31.9. The van der Waals surface area contributed by atoms with Crippen LogP contribution in [0.15, 0.2) is 48.5 Å². The average molecular weight is 582 g/mol. The van der Waals surface area contributed by atoms with Gasteiger partial charge in [-0.25, -0.2) is 16.8 Å². The summed E-state index contributed by atoms with van der Waals surface area (Å²) >= 11 is 0. The number of likely N-dealkylation sites (tertiary alicyclic amines) is 1. The van der Waals surface area contributed by atoms with Crippen molar-refractivity contribution < 1.29 is 26.4 Å². The molecule has 39 heavy (non-hydrogen) atoms. The minimum absolute atomic E-state index is 0.0198. The van der Waals surface area contributed by atoms with Crippen LogP contribution in [0.3, 0.4) is 0 Å². The van der Waals surface area contributed by atoms with Gasteiger partial charge >= 0.3 is 0 Å². The molecule has 1 fully saturated rings. The van der Waals surface area contributed by atoms with Gasteiger partial charge in [-0.2, -0.15) is 0 Å². The summed E-state index contributed by atoms with van der Waals surface area (Å²) in [5.41, 5.74) is 2.74. The molecule has 2 N–H and O–H groups in total. The van der Waals surface area contributed by atoms with Crippen LogP contribution < -0.4 is 14.9 Å². The van der Waals surface area contributed by atoms with Gasteiger partial charge in [0.2, 0.25) is 21.8 Å². The molecule has 0 aromatic heterocycles. The highest BCUT2D eigenvalue weighted by molar-refractivity contribution is 7.92. The fourth-order valence-electron chi connectivity index (χ4n) is 3.75. The Morgan fingerprint density at radius 1 is 0.923 bits per heavy atom. The molecular formula is C26H39N5O6S2. The zero-order chi connectivity index (χ0) is 29.4. The molecule has 2 aromatic rings. The largest absolute Gasteiger partial charge is 0.388 e. The van der Waals surface area contributed by atoms with Crippen molar-refractivity contribution in [1.29, 1.82) is 0 Å². The van der Waals surface area contributed by atoms with E-state index in [-0.39, 0.29) is 24.8 Å². The van der Waals surface area contributed by atoms with E-state index in [0.29, 0.717) is 11.3 Å². The number of anilines is 3. The van der Waals surface area contributed by atoms with Crippen LogP contribution in [0.4, 0.5) is 17.1 Å². The first-order valence-corrected chi connectivity index (χ1v) is 16.2. The topological polar surface area (TPSA) is 136 Å². The van der Waals surface area contributed by atoms with Crippen LogP contribution in [-0.4, -0.2) is 98.8 Å². The molecule has 13 heteroatoms. The first-order valence-electron chi connectivity index (χ1n) is 12.4. The van der Waals surface area contributed by atoms with Gasteiger partial charge in [0.1, 0.15) is 6.54 Å². The molecule has 2 aromatic carbocycles. The second-order valence-electron chi connectivity index (χ2n) is 9.49. The second-order valence-corrected chi connectivity index (χ2v) is 13.6. The van der Waals surface area contributed by atoms with Crippen molar-refractivity contribution >= 4 is 48.7 Å². The molecule has 1 saturated heterocycles. The lowest BCUT2D eigenvalue weighted by Gasteiger charge is -2.32. The Hall–Kier alpha value is -3.32. The SMILES string of the molecule is CNc1cccc(C(CC(=O)N2CCC2)S(C)(=O)=O)c1.CNc1cccc(N(CC(=O)N(C)C)S(C)(=O)=O)c1. The van der Waals surface area contributed by atoms with E-state index < -0.39 is 25.1 Å². The van der Waals surface area contributed by atoms with E-state index in [4.69, 9.17) is 0 Å². The van der Waals surface area contributed by atoms with Gasteiger partial charge in [-0.3, -0.25) is 13.9 Å². The van der Waals surface area contributed by atoms with Crippen LogP contribution in [0.1, 0.15) is 23.7 Å². The Kier molecular flexibility index (Phi) is 11.2. The molecule has 0 radical (unpaired) electrons. The molecule has 2 amide bonds. The number of rotatable bonds is 10. The highest BCUT2D eigenvalue weighted by atomic mass is 32.2. The van der Waals surface area contributed by atoms with Crippen molar-refractivity contribution in [1.82, 2.24) is 9.80 Å². The maximum atomic E-state index is 12.1. The lowest BCUT2D eigenvalue weighted by molar-refractivity contribution is -0.134. The van der Waals surface area contributed by atoms with Gasteiger partial charge in [-0.05, 0) is 42.3 Å². The third-order valence-electron chi connectivity index (χ3n) is 6.23. The van der Waals surface area contributed by atoms with E-state index in [2.05, 4.69) is 10.6 Å². The number of hydrogen-bond acceptors (Lipinski definition) is 8. The number of nitrogens with zero attached hydrogens (tertiary/aromatic N) is 3. The first-order chi connectivity index (χ1) is 18.2. The minimum atomic E-state index is -3.51. The van der Waals surface area contributed by atoms with E-state index in [1.165, 1.54) is 11.2 Å². The van der Waals surface area contributed by atoms with Crippen molar-refractivity contribution in [3.8, 4) is 0 Å². The molecule has 1 heterocycles. The van der Waals surface area contributed by atoms with Crippen molar-refractivity contribution in [2.24, 2.45) is 0 Å². The molecule has 3 rings (SSSR count). The van der Waals surface area contributed by atoms with Gasteiger partial charge < -0.3 is 20.4 Å². The summed E-state index contributed by atoms with van der Waals surface area (Å²) in [5, 5.41) is 5.14. The quantitative estimate of drug-likeness (QED) is 0.435. The number of carbonyl (C=O) groups excluding carboxylic acids is 2.